The Morgan fingerprint density at radius 3 is 2.86 bits per heavy atom. The molecule has 1 aliphatic heterocycles. The summed E-state index contributed by atoms with van der Waals surface area (Å²) in [7, 11) is 0. The first-order chi connectivity index (χ1) is 14.0. The molecule has 1 amide bonds. The van der Waals surface area contributed by atoms with E-state index in [1.807, 2.05) is 44.3 Å². The molecule has 5 nitrogen and oxygen atoms in total. The molecule has 0 saturated carbocycles. The monoisotopic (exact) mass is 389 g/mol. The number of nitrogens with one attached hydrogen (secondary N) is 1. The highest BCUT2D eigenvalue weighted by Crippen LogP contribution is 2.26. The van der Waals surface area contributed by atoms with E-state index in [2.05, 4.69) is 40.0 Å². The minimum atomic E-state index is -0.0183. The first-order valence-electron chi connectivity index (χ1n) is 10.1. The van der Waals surface area contributed by atoms with Gasteiger partial charge in [-0.25, -0.2) is 4.98 Å². The number of anilines is 1. The molecule has 0 bridgehead atoms. The average molecular weight is 389 g/mol. The Kier molecular flexibility index (Phi) is 5.38. The quantitative estimate of drug-likeness (QED) is 0.694. The van der Waals surface area contributed by atoms with E-state index in [1.165, 1.54) is 5.56 Å². The van der Waals surface area contributed by atoms with Crippen LogP contribution in [0.15, 0.2) is 48.7 Å². The summed E-state index contributed by atoms with van der Waals surface area (Å²) in [6.45, 7) is 7.46. The largest absolute Gasteiger partial charge is 0.489 e. The molecule has 1 aromatic heterocycles. The van der Waals surface area contributed by atoms with Gasteiger partial charge >= 0.3 is 0 Å². The number of carbonyl (C=O) groups excluding carboxylic acids is 1. The van der Waals surface area contributed by atoms with Gasteiger partial charge in [0.05, 0.1) is 0 Å². The Morgan fingerprint density at radius 2 is 2.07 bits per heavy atom. The number of ether oxygens (including phenoxy) is 1. The summed E-state index contributed by atoms with van der Waals surface area (Å²) >= 11 is 0. The van der Waals surface area contributed by atoms with Crippen molar-refractivity contribution in [2.75, 3.05) is 5.32 Å². The van der Waals surface area contributed by atoms with E-state index in [4.69, 9.17) is 4.74 Å². The Bertz CT molecular complexity index is 1040. The number of hydrogen-bond donors (Lipinski definition) is 1. The molecule has 150 valence electrons. The zero-order valence-corrected chi connectivity index (χ0v) is 17.2. The number of rotatable bonds is 5. The molecular formula is C24H27N3O2. The normalized spacial score (nSPS) is 15.6. The van der Waals surface area contributed by atoms with Crippen molar-refractivity contribution < 1.29 is 9.53 Å². The number of aryl methyl sites for hydroxylation is 3. The number of hydrogen-bond acceptors (Lipinski definition) is 3. The van der Waals surface area contributed by atoms with Crippen LogP contribution >= 0.6 is 0 Å². The molecule has 0 saturated heterocycles. The molecule has 3 aromatic rings. The zero-order valence-electron chi connectivity index (χ0n) is 17.2. The fourth-order valence-electron chi connectivity index (χ4n) is 3.92. The summed E-state index contributed by atoms with van der Waals surface area (Å²) in [5, 5.41) is 3.10. The summed E-state index contributed by atoms with van der Waals surface area (Å²) < 4.78 is 8.13. The summed E-state index contributed by atoms with van der Waals surface area (Å²) in [6.07, 6.45) is 3.47. The number of benzene rings is 2. The molecule has 1 aliphatic rings. The van der Waals surface area contributed by atoms with Crippen molar-refractivity contribution in [3.05, 3.63) is 76.9 Å². The van der Waals surface area contributed by atoms with Gasteiger partial charge in [-0.2, -0.15) is 0 Å². The maximum Gasteiger partial charge on any atom is 0.227 e. The van der Waals surface area contributed by atoms with E-state index >= 15 is 0 Å². The molecule has 2 aromatic carbocycles. The van der Waals surface area contributed by atoms with E-state index in [0.29, 0.717) is 6.61 Å². The van der Waals surface area contributed by atoms with E-state index in [9.17, 15) is 4.79 Å². The Morgan fingerprint density at radius 1 is 1.21 bits per heavy atom. The van der Waals surface area contributed by atoms with E-state index in [0.717, 1.165) is 53.5 Å². The topological polar surface area (TPSA) is 56.1 Å². The number of aromatic nitrogens is 2. The van der Waals surface area contributed by atoms with Gasteiger partial charge < -0.3 is 14.6 Å². The van der Waals surface area contributed by atoms with Crippen LogP contribution in [-0.4, -0.2) is 15.5 Å². The summed E-state index contributed by atoms with van der Waals surface area (Å²) in [6, 6.07) is 14.1. The van der Waals surface area contributed by atoms with Gasteiger partial charge in [-0.05, 0) is 56.5 Å². The van der Waals surface area contributed by atoms with Crippen molar-refractivity contribution in [3.63, 3.8) is 0 Å². The second kappa shape index (κ2) is 8.11. The summed E-state index contributed by atoms with van der Waals surface area (Å²) in [5.74, 6) is 1.89. The fourth-order valence-corrected chi connectivity index (χ4v) is 3.92. The third-order valence-corrected chi connectivity index (χ3v) is 5.61. The number of fused-ring (bicyclic) bond motifs is 1. The van der Waals surface area contributed by atoms with Crippen LogP contribution in [0.4, 0.5) is 5.69 Å². The van der Waals surface area contributed by atoms with Crippen molar-refractivity contribution in [1.29, 1.82) is 0 Å². The van der Waals surface area contributed by atoms with Crippen LogP contribution in [-0.2, 0) is 24.4 Å². The van der Waals surface area contributed by atoms with Gasteiger partial charge in [0.2, 0.25) is 5.91 Å². The maximum atomic E-state index is 12.8. The molecule has 2 heterocycles. The molecule has 5 heteroatoms. The number of amides is 1. The van der Waals surface area contributed by atoms with Crippen LogP contribution in [0.1, 0.15) is 34.6 Å². The number of carbonyl (C=O) groups is 1. The molecular weight excluding hydrogens is 362 g/mol. The highest BCUT2D eigenvalue weighted by Gasteiger charge is 2.26. The highest BCUT2D eigenvalue weighted by atomic mass is 16.5. The second-order valence-electron chi connectivity index (χ2n) is 7.88. The zero-order chi connectivity index (χ0) is 20.4. The summed E-state index contributed by atoms with van der Waals surface area (Å²) in [4.78, 5) is 17.2. The van der Waals surface area contributed by atoms with Crippen LogP contribution < -0.4 is 10.1 Å². The van der Waals surface area contributed by atoms with Gasteiger partial charge in [-0.1, -0.05) is 29.8 Å². The van der Waals surface area contributed by atoms with Crippen molar-refractivity contribution >= 4 is 11.6 Å². The van der Waals surface area contributed by atoms with Gasteiger partial charge in [-0.15, -0.1) is 0 Å². The molecule has 0 spiro atoms. The minimum Gasteiger partial charge on any atom is -0.489 e. The van der Waals surface area contributed by atoms with Crippen molar-refractivity contribution in [2.45, 2.75) is 46.8 Å². The third kappa shape index (κ3) is 4.34. The fraction of sp³-hybridized carbons (Fsp3) is 0.333. The van der Waals surface area contributed by atoms with Gasteiger partial charge in [0.1, 0.15) is 18.2 Å². The molecule has 1 unspecified atom stereocenters. The van der Waals surface area contributed by atoms with Gasteiger partial charge in [0, 0.05) is 36.5 Å². The lowest BCUT2D eigenvalue weighted by Gasteiger charge is -2.24. The van der Waals surface area contributed by atoms with E-state index < -0.39 is 0 Å². The van der Waals surface area contributed by atoms with Crippen molar-refractivity contribution in [1.82, 2.24) is 9.55 Å². The molecule has 1 N–H and O–H groups in total. The molecule has 1 atom stereocenters. The lowest BCUT2D eigenvalue weighted by molar-refractivity contribution is -0.120. The van der Waals surface area contributed by atoms with Crippen LogP contribution in [0.25, 0.3) is 0 Å². The van der Waals surface area contributed by atoms with E-state index in [1.54, 1.807) is 0 Å². The van der Waals surface area contributed by atoms with Crippen LogP contribution in [0.3, 0.4) is 0 Å². The third-order valence-electron chi connectivity index (χ3n) is 5.61. The Hall–Kier alpha value is -3.08. The van der Waals surface area contributed by atoms with Crippen molar-refractivity contribution in [3.8, 4) is 5.75 Å². The SMILES string of the molecule is Cc1cccc(COc2ccc(NC(=O)C3CCn4c(cnc4C)C3)c(C)c2)c1. The van der Waals surface area contributed by atoms with Crippen LogP contribution in [0.2, 0.25) is 0 Å². The second-order valence-corrected chi connectivity index (χ2v) is 7.88. The van der Waals surface area contributed by atoms with Gasteiger partial charge in [0.15, 0.2) is 0 Å². The standard InChI is InChI=1S/C24H27N3O2/c1-16-5-4-6-19(11-16)15-29-22-7-8-23(17(2)12-22)26-24(28)20-9-10-27-18(3)25-14-21(27)13-20/h4-8,11-12,14,20H,9-10,13,15H2,1-3H3,(H,26,28). The van der Waals surface area contributed by atoms with Crippen LogP contribution in [0.5, 0.6) is 5.75 Å². The number of imidazole rings is 1. The smallest absolute Gasteiger partial charge is 0.227 e. The lowest BCUT2D eigenvalue weighted by atomic mass is 9.95. The van der Waals surface area contributed by atoms with E-state index in [-0.39, 0.29) is 11.8 Å². The molecule has 29 heavy (non-hydrogen) atoms. The first-order valence-corrected chi connectivity index (χ1v) is 10.1. The van der Waals surface area contributed by atoms with Gasteiger partial charge in [-0.3, -0.25) is 4.79 Å². The number of nitrogens with zero attached hydrogens (tertiary/aromatic N) is 2. The predicted molar refractivity (Wildman–Crippen MR) is 114 cm³/mol. The Labute approximate surface area is 171 Å². The summed E-state index contributed by atoms with van der Waals surface area (Å²) in [5.41, 5.74) is 5.35. The molecule has 0 aliphatic carbocycles. The first kappa shape index (κ1) is 19.2. The predicted octanol–water partition coefficient (Wildman–Crippen LogP) is 4.59. The maximum absolute atomic E-state index is 12.8. The van der Waals surface area contributed by atoms with Gasteiger partial charge in [0.25, 0.3) is 0 Å². The average Bonchev–Trinajstić information content (AvgIpc) is 3.08. The van der Waals surface area contributed by atoms with Crippen molar-refractivity contribution in [2.24, 2.45) is 5.92 Å². The van der Waals surface area contributed by atoms with Crippen LogP contribution in [0, 0.1) is 26.7 Å². The minimum absolute atomic E-state index is 0.0183. The molecule has 0 radical (unpaired) electrons. The molecule has 0 fully saturated rings. The highest BCUT2D eigenvalue weighted by molar-refractivity contribution is 5.93. The Balaban J connectivity index is 1.37. The molecule has 4 rings (SSSR count). The lowest BCUT2D eigenvalue weighted by Crippen LogP contribution is -2.30.